The van der Waals surface area contributed by atoms with Gasteiger partial charge in [-0.3, -0.25) is 4.79 Å². The van der Waals surface area contributed by atoms with Crippen LogP contribution in [0.5, 0.6) is 0 Å². The summed E-state index contributed by atoms with van der Waals surface area (Å²) >= 11 is 0. The molecule has 1 heterocycles. The highest BCUT2D eigenvalue weighted by Crippen LogP contribution is 2.27. The summed E-state index contributed by atoms with van der Waals surface area (Å²) in [7, 11) is 0. The van der Waals surface area contributed by atoms with Gasteiger partial charge in [0.05, 0.1) is 0 Å². The number of anilines is 2. The van der Waals surface area contributed by atoms with Crippen LogP contribution >= 0.6 is 12.4 Å². The van der Waals surface area contributed by atoms with Crippen LogP contribution in [0.4, 0.5) is 11.4 Å². The Kier molecular flexibility index (Phi) is 5.67. The standard InChI is InChI=1S/C19H22N2O.ClH/c1-3-14-8-4-7-13(2)18(14)21-19(22)16-9-5-11-17-15(16)10-6-12-20-17;/h4-5,7-9,11,20H,3,6,10,12H2,1-2H3,(H,21,22);1H. The lowest BCUT2D eigenvalue weighted by Gasteiger charge is -2.21. The zero-order chi connectivity index (χ0) is 15.5. The molecular formula is C19H23ClN2O. The highest BCUT2D eigenvalue weighted by Gasteiger charge is 2.18. The average Bonchev–Trinajstić information content (AvgIpc) is 2.56. The summed E-state index contributed by atoms with van der Waals surface area (Å²) in [5.41, 5.74) is 6.26. The van der Waals surface area contributed by atoms with Crippen molar-refractivity contribution in [3.8, 4) is 0 Å². The van der Waals surface area contributed by atoms with Crippen molar-refractivity contribution in [1.82, 2.24) is 0 Å². The molecule has 0 saturated heterocycles. The molecule has 1 aliphatic rings. The second-order valence-corrected chi connectivity index (χ2v) is 5.78. The molecular weight excluding hydrogens is 308 g/mol. The number of hydrogen-bond donors (Lipinski definition) is 2. The quantitative estimate of drug-likeness (QED) is 0.864. The largest absolute Gasteiger partial charge is 0.385 e. The molecule has 3 rings (SSSR count). The second kappa shape index (κ2) is 7.51. The number of benzene rings is 2. The molecule has 2 N–H and O–H groups in total. The van der Waals surface area contributed by atoms with E-state index in [2.05, 4.69) is 29.7 Å². The SMILES string of the molecule is CCc1cccc(C)c1NC(=O)c1cccc2c1CCCN2.Cl. The van der Waals surface area contributed by atoms with Crippen LogP contribution in [-0.2, 0) is 12.8 Å². The van der Waals surface area contributed by atoms with E-state index in [0.717, 1.165) is 53.9 Å². The predicted octanol–water partition coefficient (Wildman–Crippen LogP) is 4.59. The lowest BCUT2D eigenvalue weighted by atomic mass is 9.96. The van der Waals surface area contributed by atoms with Gasteiger partial charge in [-0.05, 0) is 55.0 Å². The van der Waals surface area contributed by atoms with Crippen LogP contribution in [-0.4, -0.2) is 12.5 Å². The summed E-state index contributed by atoms with van der Waals surface area (Å²) in [6.45, 7) is 5.13. The minimum absolute atomic E-state index is 0. The highest BCUT2D eigenvalue weighted by molar-refractivity contribution is 6.07. The zero-order valence-electron chi connectivity index (χ0n) is 13.6. The topological polar surface area (TPSA) is 41.1 Å². The monoisotopic (exact) mass is 330 g/mol. The number of hydrogen-bond acceptors (Lipinski definition) is 2. The van der Waals surface area contributed by atoms with E-state index in [1.165, 1.54) is 5.56 Å². The number of fused-ring (bicyclic) bond motifs is 1. The molecule has 0 aliphatic carbocycles. The molecule has 1 aliphatic heterocycles. The smallest absolute Gasteiger partial charge is 0.256 e. The van der Waals surface area contributed by atoms with Gasteiger partial charge >= 0.3 is 0 Å². The van der Waals surface area contributed by atoms with Crippen LogP contribution in [0.2, 0.25) is 0 Å². The average molecular weight is 331 g/mol. The summed E-state index contributed by atoms with van der Waals surface area (Å²) in [6, 6.07) is 12.1. The molecule has 3 nitrogen and oxygen atoms in total. The minimum Gasteiger partial charge on any atom is -0.385 e. The van der Waals surface area contributed by atoms with Gasteiger partial charge in [-0.15, -0.1) is 12.4 Å². The Morgan fingerprint density at radius 1 is 1.22 bits per heavy atom. The van der Waals surface area contributed by atoms with Gasteiger partial charge in [0, 0.05) is 23.5 Å². The second-order valence-electron chi connectivity index (χ2n) is 5.78. The number of carbonyl (C=O) groups is 1. The molecule has 0 unspecified atom stereocenters. The molecule has 0 fully saturated rings. The number of carbonyl (C=O) groups excluding carboxylic acids is 1. The molecule has 0 radical (unpaired) electrons. The Hall–Kier alpha value is -2.00. The third-order valence-electron chi connectivity index (χ3n) is 4.32. The number of aryl methyl sites for hydroxylation is 2. The van der Waals surface area contributed by atoms with E-state index >= 15 is 0 Å². The zero-order valence-corrected chi connectivity index (χ0v) is 14.4. The fourth-order valence-electron chi connectivity index (χ4n) is 3.11. The maximum Gasteiger partial charge on any atom is 0.256 e. The Bertz CT molecular complexity index is 713. The molecule has 4 heteroatoms. The third-order valence-corrected chi connectivity index (χ3v) is 4.32. The predicted molar refractivity (Wildman–Crippen MR) is 99.0 cm³/mol. The third kappa shape index (κ3) is 3.50. The van der Waals surface area contributed by atoms with Gasteiger partial charge in [-0.25, -0.2) is 0 Å². The van der Waals surface area contributed by atoms with Gasteiger partial charge in [0.1, 0.15) is 0 Å². The molecule has 1 amide bonds. The Balaban J connectivity index is 0.00000192. The van der Waals surface area contributed by atoms with E-state index in [-0.39, 0.29) is 18.3 Å². The first-order chi connectivity index (χ1) is 10.7. The Morgan fingerprint density at radius 2 is 2.00 bits per heavy atom. The summed E-state index contributed by atoms with van der Waals surface area (Å²) in [4.78, 5) is 12.8. The van der Waals surface area contributed by atoms with Crippen molar-refractivity contribution in [2.24, 2.45) is 0 Å². The molecule has 0 bridgehead atoms. The number of rotatable bonds is 3. The molecule has 122 valence electrons. The number of halogens is 1. The molecule has 0 saturated carbocycles. The summed E-state index contributed by atoms with van der Waals surface area (Å²) in [5.74, 6) is -0.00968. The van der Waals surface area contributed by atoms with Crippen LogP contribution in [0.1, 0.15) is 40.4 Å². The summed E-state index contributed by atoms with van der Waals surface area (Å²) < 4.78 is 0. The highest BCUT2D eigenvalue weighted by atomic mass is 35.5. The maximum atomic E-state index is 12.8. The number of nitrogens with one attached hydrogen (secondary N) is 2. The molecule has 0 spiro atoms. The van der Waals surface area contributed by atoms with E-state index in [4.69, 9.17) is 0 Å². The van der Waals surface area contributed by atoms with Gasteiger partial charge in [-0.2, -0.15) is 0 Å². The maximum absolute atomic E-state index is 12.8. The van der Waals surface area contributed by atoms with E-state index < -0.39 is 0 Å². The molecule has 0 aromatic heterocycles. The van der Waals surface area contributed by atoms with Gasteiger partial charge in [0.2, 0.25) is 0 Å². The van der Waals surface area contributed by atoms with Crippen molar-refractivity contribution >= 4 is 29.7 Å². The van der Waals surface area contributed by atoms with E-state index in [1.54, 1.807) is 0 Å². The summed E-state index contributed by atoms with van der Waals surface area (Å²) in [5, 5.41) is 6.51. The number of para-hydroxylation sites is 1. The molecule has 0 atom stereocenters. The first-order valence-electron chi connectivity index (χ1n) is 7.96. The van der Waals surface area contributed by atoms with Crippen LogP contribution in [0.3, 0.4) is 0 Å². The molecule has 2 aromatic carbocycles. The molecule has 23 heavy (non-hydrogen) atoms. The van der Waals surface area contributed by atoms with Gasteiger partial charge in [0.15, 0.2) is 0 Å². The normalized spacial score (nSPS) is 12.6. The van der Waals surface area contributed by atoms with Gasteiger partial charge in [0.25, 0.3) is 5.91 Å². The first kappa shape index (κ1) is 17.4. The lowest BCUT2D eigenvalue weighted by molar-refractivity contribution is 0.102. The van der Waals surface area contributed by atoms with Crippen molar-refractivity contribution < 1.29 is 4.79 Å². The van der Waals surface area contributed by atoms with Crippen molar-refractivity contribution in [3.63, 3.8) is 0 Å². The van der Waals surface area contributed by atoms with Crippen molar-refractivity contribution in [2.45, 2.75) is 33.1 Å². The van der Waals surface area contributed by atoms with Gasteiger partial charge in [-0.1, -0.05) is 31.2 Å². The Morgan fingerprint density at radius 3 is 2.78 bits per heavy atom. The lowest BCUT2D eigenvalue weighted by Crippen LogP contribution is -2.20. The van der Waals surface area contributed by atoms with Crippen LogP contribution in [0.25, 0.3) is 0 Å². The minimum atomic E-state index is -0.00968. The fourth-order valence-corrected chi connectivity index (χ4v) is 3.11. The van der Waals surface area contributed by atoms with Crippen molar-refractivity contribution in [1.29, 1.82) is 0 Å². The van der Waals surface area contributed by atoms with E-state index in [0.29, 0.717) is 0 Å². The van der Waals surface area contributed by atoms with Crippen LogP contribution < -0.4 is 10.6 Å². The van der Waals surface area contributed by atoms with Crippen molar-refractivity contribution in [3.05, 3.63) is 58.7 Å². The van der Waals surface area contributed by atoms with E-state index in [1.807, 2.05) is 31.2 Å². The van der Waals surface area contributed by atoms with Crippen molar-refractivity contribution in [2.75, 3.05) is 17.2 Å². The van der Waals surface area contributed by atoms with Crippen LogP contribution in [0.15, 0.2) is 36.4 Å². The molecule has 2 aromatic rings. The number of amides is 1. The summed E-state index contributed by atoms with van der Waals surface area (Å²) in [6.07, 6.45) is 2.94. The van der Waals surface area contributed by atoms with Gasteiger partial charge < -0.3 is 10.6 Å². The first-order valence-corrected chi connectivity index (χ1v) is 7.96. The Labute approximate surface area is 143 Å². The fraction of sp³-hybridized carbons (Fsp3) is 0.316. The van der Waals surface area contributed by atoms with Crippen LogP contribution in [0, 0.1) is 6.92 Å². The van der Waals surface area contributed by atoms with E-state index in [9.17, 15) is 4.79 Å².